The van der Waals surface area contributed by atoms with Gasteiger partial charge in [-0.3, -0.25) is 0 Å². The maximum Gasteiger partial charge on any atom is 0.187 e. The van der Waals surface area contributed by atoms with Crippen LogP contribution in [0.3, 0.4) is 0 Å². The summed E-state index contributed by atoms with van der Waals surface area (Å²) >= 11 is 0. The van der Waals surface area contributed by atoms with E-state index in [-0.39, 0.29) is 40.9 Å². The predicted octanol–water partition coefficient (Wildman–Crippen LogP) is -4.13. The number of rotatable bonds is 20. The van der Waals surface area contributed by atoms with Crippen LogP contribution in [0.25, 0.3) is 0 Å². The van der Waals surface area contributed by atoms with Gasteiger partial charge in [0.15, 0.2) is 31.5 Å². The summed E-state index contributed by atoms with van der Waals surface area (Å²) in [5.41, 5.74) is -2.40. The minimum Gasteiger partial charge on any atom is -0.394 e. The summed E-state index contributed by atoms with van der Waals surface area (Å²) in [4.78, 5) is 0. The minimum atomic E-state index is -1.93. The Labute approximate surface area is 518 Å². The number of fused-ring (bicyclic) bond motifs is 5. The van der Waals surface area contributed by atoms with Gasteiger partial charge < -0.3 is 139 Å². The highest BCUT2D eigenvalue weighted by Crippen LogP contribution is 2.75. The molecule has 0 radical (unpaired) electrons. The summed E-state index contributed by atoms with van der Waals surface area (Å²) in [5.74, 6) is -0.760. The van der Waals surface area contributed by atoms with Gasteiger partial charge in [-0.2, -0.15) is 0 Å². The van der Waals surface area contributed by atoms with Crippen molar-refractivity contribution in [3.63, 3.8) is 0 Å². The van der Waals surface area contributed by atoms with Gasteiger partial charge in [0.1, 0.15) is 110 Å². The molecular formula is C61H104O28. The average Bonchev–Trinajstić information content (AvgIpc) is 1.66. The molecule has 5 saturated heterocycles. The Hall–Kier alpha value is -1.38. The lowest BCUT2D eigenvalue weighted by atomic mass is 9.38. The maximum atomic E-state index is 12.8. The van der Waals surface area contributed by atoms with Gasteiger partial charge in [-0.15, -0.1) is 0 Å². The Morgan fingerprint density at radius 3 is 1.56 bits per heavy atom. The molecule has 35 atom stereocenters. The third kappa shape index (κ3) is 13.1. The van der Waals surface area contributed by atoms with E-state index in [0.717, 1.165) is 18.4 Å². The minimum absolute atomic E-state index is 0.0171. The summed E-state index contributed by atoms with van der Waals surface area (Å²) in [6.45, 7) is 14.5. The van der Waals surface area contributed by atoms with E-state index in [4.69, 9.17) is 47.4 Å². The topological polar surface area (TPSA) is 456 Å². The summed E-state index contributed by atoms with van der Waals surface area (Å²) < 4.78 is 59.8. The Morgan fingerprint density at radius 1 is 0.539 bits per heavy atom. The highest BCUT2D eigenvalue weighted by atomic mass is 16.8. The Kier molecular flexibility index (Phi) is 22.3. The molecule has 9 aliphatic rings. The molecule has 516 valence electrons. The Balaban J connectivity index is 0.883. The lowest BCUT2D eigenvalue weighted by Gasteiger charge is -2.67. The fraction of sp³-hybridized carbons (Fsp3) is 0.967. The van der Waals surface area contributed by atoms with Crippen LogP contribution < -0.4 is 0 Å². The van der Waals surface area contributed by atoms with E-state index >= 15 is 0 Å². The molecule has 0 bridgehead atoms. The first-order valence-electron chi connectivity index (χ1n) is 31.9. The van der Waals surface area contributed by atoms with Gasteiger partial charge in [-0.05, 0) is 99.7 Å². The second-order valence-corrected chi connectivity index (χ2v) is 29.1. The molecule has 0 aromatic rings. The van der Waals surface area contributed by atoms with Crippen molar-refractivity contribution in [3.8, 4) is 0 Å². The van der Waals surface area contributed by atoms with Gasteiger partial charge in [-0.1, -0.05) is 60.1 Å². The van der Waals surface area contributed by atoms with Gasteiger partial charge >= 0.3 is 0 Å². The van der Waals surface area contributed by atoms with E-state index < -0.39 is 221 Å². The highest BCUT2D eigenvalue weighted by molar-refractivity contribution is 5.32. The number of ether oxygens (including phenoxy) is 10. The van der Waals surface area contributed by atoms with Crippen LogP contribution in [-0.4, -0.2) is 296 Å². The average molecular weight is 1290 g/mol. The number of aliphatic hydroxyl groups is 18. The number of aliphatic hydroxyl groups excluding tert-OH is 17. The fourth-order valence-electron chi connectivity index (χ4n) is 17.2. The quantitative estimate of drug-likeness (QED) is 0.0515. The number of hydrogen-bond acceptors (Lipinski definition) is 28. The van der Waals surface area contributed by atoms with E-state index in [2.05, 4.69) is 33.8 Å². The molecule has 89 heavy (non-hydrogen) atoms. The monoisotopic (exact) mass is 1280 g/mol. The molecule has 5 aliphatic heterocycles. The van der Waals surface area contributed by atoms with E-state index in [9.17, 15) is 91.9 Å². The van der Waals surface area contributed by atoms with Crippen molar-refractivity contribution in [1.29, 1.82) is 0 Å². The molecule has 0 aromatic carbocycles. The molecule has 4 aliphatic carbocycles. The molecule has 3 saturated carbocycles. The Morgan fingerprint density at radius 2 is 1.01 bits per heavy atom. The molecule has 28 heteroatoms. The zero-order valence-corrected chi connectivity index (χ0v) is 52.4. The fourth-order valence-corrected chi connectivity index (χ4v) is 17.2. The molecule has 18 N–H and O–H groups in total. The predicted molar refractivity (Wildman–Crippen MR) is 303 cm³/mol. The van der Waals surface area contributed by atoms with Crippen molar-refractivity contribution in [1.82, 2.24) is 0 Å². The lowest BCUT2D eigenvalue weighted by Crippen LogP contribution is -2.65. The SMILES string of the molecule is C[C@@H]1[C@@H](O)[C@@H](OC[C@H]2O[C@@H](O[C@H](CC[C@@H](C)C3CC[C@@]4(C)C5CC=C6C(CC[C@H](O[C@@H]7O[C@H](CO[C@H]8O[C@H](CO)[C@@H](O)[C@H](O)[C@H]8O)[C@@H](O)[C@H](O)[C@H]7O)C6(C)C)[C@]5(C)[C@H](O)C[C@]34C)C(C)(C)O)[C@H](O[C@H]3O[C@@H](CO)[C@H](O)[C@@H](O)[C@@H]3O)[C@@H](O)[C@@H]2O)O[C@H](CO)[C@H]1O. The van der Waals surface area contributed by atoms with Gasteiger partial charge in [-0.25, -0.2) is 0 Å². The molecular weight excluding hydrogens is 1180 g/mol. The molecule has 28 nitrogen and oxygen atoms in total. The standard InChI is InChI=1S/C61H104O28/c1-24(10-14-37(58(5,6)79)88-56-51(89-55-50(78)45(73)41(69)31(21-64)84-55)47(75)43(71)33(86-56)23-80-52-39(67)25(2)38(66)29(19-62)82-52)26-16-17-59(7)34-13-11-27-28(61(34,9)35(65)18-60(26,59)8)12-15-36(57(27,3)4)87-54-49(77)46(74)42(70)32(85-54)22-81-53-48(76)44(72)40(68)30(20-63)83-53/h11,24-26,28-56,62-79H,10,12-23H2,1-9H3/t24-,25+,26?,28?,29-,30-,31+,32-,33-,34?,35-,36+,37-,38+,39-,40-,41+,42-,43-,44+,45-,46+,47+,48-,49-,50+,51-,52+,53+,54+,55-,56+,59+,60-,61+/m1/s1. The first-order valence-corrected chi connectivity index (χ1v) is 31.9. The molecule has 9 rings (SSSR count). The first-order chi connectivity index (χ1) is 41.6. The lowest BCUT2D eigenvalue weighted by molar-refractivity contribution is -0.380. The van der Waals surface area contributed by atoms with Crippen molar-refractivity contribution in [3.05, 3.63) is 11.6 Å². The summed E-state index contributed by atoms with van der Waals surface area (Å²) in [5, 5.41) is 195. The normalized spacial score (nSPS) is 51.8. The molecule has 0 aromatic heterocycles. The van der Waals surface area contributed by atoms with Crippen LogP contribution in [0.4, 0.5) is 0 Å². The van der Waals surface area contributed by atoms with Crippen LogP contribution in [0.15, 0.2) is 11.6 Å². The van der Waals surface area contributed by atoms with E-state index in [1.54, 1.807) is 0 Å². The van der Waals surface area contributed by atoms with Crippen LogP contribution in [-0.2, 0) is 47.4 Å². The van der Waals surface area contributed by atoms with E-state index in [1.165, 1.54) is 20.8 Å². The highest BCUT2D eigenvalue weighted by Gasteiger charge is 2.70. The molecule has 5 heterocycles. The summed E-state index contributed by atoms with van der Waals surface area (Å²) in [6.07, 6.45) is -33.6. The third-order valence-corrected chi connectivity index (χ3v) is 23.3. The van der Waals surface area contributed by atoms with Crippen molar-refractivity contribution >= 4 is 0 Å². The largest absolute Gasteiger partial charge is 0.394 e. The second-order valence-electron chi connectivity index (χ2n) is 29.1. The zero-order valence-electron chi connectivity index (χ0n) is 52.4. The van der Waals surface area contributed by atoms with E-state index in [1.807, 2.05) is 13.8 Å². The van der Waals surface area contributed by atoms with Gasteiger partial charge in [0.05, 0.1) is 63.1 Å². The van der Waals surface area contributed by atoms with Crippen molar-refractivity contribution in [2.24, 2.45) is 51.2 Å². The maximum absolute atomic E-state index is 12.8. The van der Waals surface area contributed by atoms with Gasteiger partial charge in [0.25, 0.3) is 0 Å². The molecule has 0 amide bonds. The number of hydrogen-bond donors (Lipinski definition) is 18. The van der Waals surface area contributed by atoms with Crippen LogP contribution in [0.5, 0.6) is 0 Å². The van der Waals surface area contributed by atoms with E-state index in [0.29, 0.717) is 32.1 Å². The van der Waals surface area contributed by atoms with Crippen LogP contribution in [0.2, 0.25) is 0 Å². The van der Waals surface area contributed by atoms with Crippen LogP contribution in [0.1, 0.15) is 114 Å². The van der Waals surface area contributed by atoms with Gasteiger partial charge in [0.2, 0.25) is 0 Å². The van der Waals surface area contributed by atoms with Crippen molar-refractivity contribution < 1.29 is 139 Å². The smallest absolute Gasteiger partial charge is 0.187 e. The second kappa shape index (κ2) is 27.6. The van der Waals surface area contributed by atoms with Crippen molar-refractivity contribution in [2.45, 2.75) is 285 Å². The Bertz CT molecular complexity index is 2340. The summed E-state index contributed by atoms with van der Waals surface area (Å²) in [7, 11) is 0. The third-order valence-electron chi connectivity index (χ3n) is 23.3. The molecule has 3 unspecified atom stereocenters. The first kappa shape index (κ1) is 71.9. The molecule has 0 spiro atoms. The van der Waals surface area contributed by atoms with Gasteiger partial charge in [0, 0.05) is 16.7 Å². The molecule has 8 fully saturated rings. The number of allylic oxidation sites excluding steroid dienone is 1. The van der Waals surface area contributed by atoms with Crippen LogP contribution >= 0.6 is 0 Å². The van der Waals surface area contributed by atoms with Crippen LogP contribution in [0, 0.1) is 51.2 Å². The summed E-state index contributed by atoms with van der Waals surface area (Å²) in [6, 6.07) is 0. The zero-order chi connectivity index (χ0) is 65.5. The van der Waals surface area contributed by atoms with Crippen molar-refractivity contribution in [2.75, 3.05) is 33.0 Å².